The molecule has 1 heterocycles. The van der Waals surface area contributed by atoms with E-state index in [1.807, 2.05) is 0 Å². The lowest BCUT2D eigenvalue weighted by atomic mass is 10.1. The van der Waals surface area contributed by atoms with Gasteiger partial charge in [-0.1, -0.05) is 6.08 Å². The van der Waals surface area contributed by atoms with Crippen molar-refractivity contribution in [1.82, 2.24) is 14.7 Å². The predicted octanol–water partition coefficient (Wildman–Crippen LogP) is -1.71. The SMILES string of the molecule is C=CC1CCN(C(CN(CC(=O)O)CC(=O)O)N(CC(=O)O)CC(=O)O)C1=O. The van der Waals surface area contributed by atoms with E-state index in [-0.39, 0.29) is 13.1 Å². The Morgan fingerprint density at radius 2 is 1.46 bits per heavy atom. The number of aliphatic carboxylic acids is 4. The van der Waals surface area contributed by atoms with Gasteiger partial charge in [-0.3, -0.25) is 33.8 Å². The number of carboxylic acids is 4. The molecule has 12 heteroatoms. The molecule has 156 valence electrons. The van der Waals surface area contributed by atoms with E-state index >= 15 is 0 Å². The molecule has 0 aromatic heterocycles. The van der Waals surface area contributed by atoms with Gasteiger partial charge in [0.2, 0.25) is 5.91 Å². The molecule has 12 nitrogen and oxygen atoms in total. The van der Waals surface area contributed by atoms with Gasteiger partial charge >= 0.3 is 23.9 Å². The number of carbonyl (C=O) groups excluding carboxylic acids is 1. The maximum atomic E-state index is 12.6. The number of hydrogen-bond donors (Lipinski definition) is 4. The lowest BCUT2D eigenvalue weighted by molar-refractivity contribution is -0.152. The third kappa shape index (κ3) is 6.96. The van der Waals surface area contributed by atoms with Gasteiger partial charge in [-0.25, -0.2) is 0 Å². The van der Waals surface area contributed by atoms with Crippen LogP contribution in [0.5, 0.6) is 0 Å². The summed E-state index contributed by atoms with van der Waals surface area (Å²) in [6.45, 7) is 0.560. The zero-order valence-electron chi connectivity index (χ0n) is 15.1. The van der Waals surface area contributed by atoms with Gasteiger partial charge in [-0.2, -0.15) is 0 Å². The average molecular weight is 401 g/mol. The summed E-state index contributed by atoms with van der Waals surface area (Å²) in [5.74, 6) is -6.28. The van der Waals surface area contributed by atoms with Gasteiger partial charge in [0.05, 0.1) is 38.3 Å². The predicted molar refractivity (Wildman–Crippen MR) is 92.4 cm³/mol. The molecule has 2 unspecified atom stereocenters. The van der Waals surface area contributed by atoms with Crippen LogP contribution in [0.3, 0.4) is 0 Å². The van der Waals surface area contributed by atoms with Gasteiger partial charge in [0.1, 0.15) is 0 Å². The quantitative estimate of drug-likeness (QED) is 0.258. The van der Waals surface area contributed by atoms with Gasteiger partial charge in [0.15, 0.2) is 0 Å². The standard InChI is InChI=1S/C16H23N3O9/c1-2-10-3-4-19(16(10)28)11(18(8-14(24)25)9-15(26)27)5-17(6-12(20)21)7-13(22)23/h2,10-11H,1,3-9H2,(H,20,21)(H,22,23)(H,24,25)(H,26,27). The van der Waals surface area contributed by atoms with E-state index in [1.165, 1.54) is 11.0 Å². The smallest absolute Gasteiger partial charge is 0.317 e. The molecule has 4 N–H and O–H groups in total. The van der Waals surface area contributed by atoms with Crippen molar-refractivity contribution in [2.24, 2.45) is 5.92 Å². The summed E-state index contributed by atoms with van der Waals surface area (Å²) in [7, 11) is 0. The Hall–Kier alpha value is -2.99. The molecule has 1 rings (SSSR count). The largest absolute Gasteiger partial charge is 0.480 e. The molecular formula is C16H23N3O9. The van der Waals surface area contributed by atoms with Gasteiger partial charge in [0, 0.05) is 13.1 Å². The van der Waals surface area contributed by atoms with Crippen LogP contribution in [0.4, 0.5) is 0 Å². The topological polar surface area (TPSA) is 176 Å². The second-order valence-electron chi connectivity index (χ2n) is 6.29. The van der Waals surface area contributed by atoms with E-state index < -0.39 is 68.0 Å². The maximum absolute atomic E-state index is 12.6. The third-order valence-corrected chi connectivity index (χ3v) is 4.16. The highest BCUT2D eigenvalue weighted by Crippen LogP contribution is 2.23. The second-order valence-corrected chi connectivity index (χ2v) is 6.29. The van der Waals surface area contributed by atoms with E-state index in [1.54, 1.807) is 0 Å². The molecule has 0 aliphatic carbocycles. The Morgan fingerprint density at radius 3 is 1.82 bits per heavy atom. The van der Waals surface area contributed by atoms with E-state index in [0.29, 0.717) is 6.42 Å². The fraction of sp³-hybridized carbons (Fsp3) is 0.562. The minimum absolute atomic E-state index is 0.171. The molecule has 0 bridgehead atoms. The lowest BCUT2D eigenvalue weighted by Gasteiger charge is -2.38. The molecule has 0 aromatic rings. The van der Waals surface area contributed by atoms with Crippen molar-refractivity contribution in [3.63, 3.8) is 0 Å². The van der Waals surface area contributed by atoms with Crippen LogP contribution in [-0.4, -0.2) is 110 Å². The van der Waals surface area contributed by atoms with Gasteiger partial charge in [-0.05, 0) is 6.42 Å². The lowest BCUT2D eigenvalue weighted by Crippen LogP contribution is -2.58. The zero-order chi connectivity index (χ0) is 21.4. The number of hydrogen-bond acceptors (Lipinski definition) is 7. The maximum Gasteiger partial charge on any atom is 0.317 e. The van der Waals surface area contributed by atoms with Crippen molar-refractivity contribution < 1.29 is 44.4 Å². The van der Waals surface area contributed by atoms with Crippen molar-refractivity contribution in [3.05, 3.63) is 12.7 Å². The molecule has 1 saturated heterocycles. The van der Waals surface area contributed by atoms with Crippen molar-refractivity contribution in [3.8, 4) is 0 Å². The molecule has 0 aromatic carbocycles. The Bertz CT molecular complexity index is 619. The summed E-state index contributed by atoms with van der Waals surface area (Å²) in [6, 6.07) is 0. The van der Waals surface area contributed by atoms with E-state index in [9.17, 15) is 24.0 Å². The van der Waals surface area contributed by atoms with Crippen molar-refractivity contribution >= 4 is 29.8 Å². The summed E-state index contributed by atoms with van der Waals surface area (Å²) < 4.78 is 0. The Morgan fingerprint density at radius 1 is 1.00 bits per heavy atom. The minimum atomic E-state index is -1.35. The summed E-state index contributed by atoms with van der Waals surface area (Å²) in [5, 5.41) is 36.3. The highest BCUT2D eigenvalue weighted by Gasteiger charge is 2.39. The summed E-state index contributed by atoms with van der Waals surface area (Å²) >= 11 is 0. The zero-order valence-corrected chi connectivity index (χ0v) is 15.1. The highest BCUT2D eigenvalue weighted by molar-refractivity contribution is 5.83. The molecule has 1 aliphatic rings. The van der Waals surface area contributed by atoms with Crippen molar-refractivity contribution in [1.29, 1.82) is 0 Å². The molecule has 0 spiro atoms. The number of amides is 1. The van der Waals surface area contributed by atoms with E-state index in [2.05, 4.69) is 6.58 Å². The molecule has 0 saturated carbocycles. The number of nitrogens with zero attached hydrogens (tertiary/aromatic N) is 3. The Kier molecular flexibility index (Phi) is 8.54. The first-order valence-corrected chi connectivity index (χ1v) is 8.31. The Balaban J connectivity index is 3.22. The van der Waals surface area contributed by atoms with Gasteiger partial charge in [-0.15, -0.1) is 6.58 Å². The molecule has 2 atom stereocenters. The van der Waals surface area contributed by atoms with Crippen LogP contribution >= 0.6 is 0 Å². The third-order valence-electron chi connectivity index (χ3n) is 4.16. The monoisotopic (exact) mass is 401 g/mol. The number of likely N-dealkylation sites (tertiary alicyclic amines) is 1. The van der Waals surface area contributed by atoms with Crippen LogP contribution in [-0.2, 0) is 24.0 Å². The molecule has 28 heavy (non-hydrogen) atoms. The van der Waals surface area contributed by atoms with Crippen LogP contribution in [0.2, 0.25) is 0 Å². The minimum Gasteiger partial charge on any atom is -0.480 e. The molecule has 1 aliphatic heterocycles. The van der Waals surface area contributed by atoms with Crippen molar-refractivity contribution in [2.75, 3.05) is 39.3 Å². The summed E-state index contributed by atoms with van der Waals surface area (Å²) in [6.07, 6.45) is 0.665. The van der Waals surface area contributed by atoms with Gasteiger partial charge in [0.25, 0.3) is 0 Å². The summed E-state index contributed by atoms with van der Waals surface area (Å²) in [5.41, 5.74) is 0. The molecule has 0 radical (unpaired) electrons. The van der Waals surface area contributed by atoms with E-state index in [4.69, 9.17) is 20.4 Å². The fourth-order valence-corrected chi connectivity index (χ4v) is 3.06. The number of rotatable bonds is 13. The fourth-order valence-electron chi connectivity index (χ4n) is 3.06. The normalized spacial score (nSPS) is 17.7. The average Bonchev–Trinajstić information content (AvgIpc) is 2.90. The molecule has 1 amide bonds. The van der Waals surface area contributed by atoms with Crippen molar-refractivity contribution in [2.45, 2.75) is 12.6 Å². The van der Waals surface area contributed by atoms with Crippen LogP contribution < -0.4 is 0 Å². The molecular weight excluding hydrogens is 378 g/mol. The number of carbonyl (C=O) groups is 5. The first kappa shape index (κ1) is 23.0. The Labute approximate surface area is 160 Å². The first-order chi connectivity index (χ1) is 13.0. The van der Waals surface area contributed by atoms with Crippen LogP contribution in [0.1, 0.15) is 6.42 Å². The van der Waals surface area contributed by atoms with Crippen LogP contribution in [0.25, 0.3) is 0 Å². The molecule has 1 fully saturated rings. The number of carboxylic acid groups (broad SMARTS) is 4. The second kappa shape index (κ2) is 10.4. The van der Waals surface area contributed by atoms with Crippen LogP contribution in [0, 0.1) is 5.92 Å². The van der Waals surface area contributed by atoms with Gasteiger partial charge < -0.3 is 25.3 Å². The van der Waals surface area contributed by atoms with Crippen LogP contribution in [0.15, 0.2) is 12.7 Å². The highest BCUT2D eigenvalue weighted by atomic mass is 16.4. The summed E-state index contributed by atoms with van der Waals surface area (Å²) in [4.78, 5) is 60.3. The van der Waals surface area contributed by atoms with E-state index in [0.717, 1.165) is 9.80 Å². The first-order valence-electron chi connectivity index (χ1n) is 8.31.